The summed E-state index contributed by atoms with van der Waals surface area (Å²) in [6.07, 6.45) is 5.81. The van der Waals surface area contributed by atoms with E-state index >= 15 is 0 Å². The molecular weight excluding hydrogens is 244 g/mol. The minimum absolute atomic E-state index is 0.110. The molecule has 0 aliphatic carbocycles. The number of ether oxygens (including phenoxy) is 1. The maximum absolute atomic E-state index is 11.9. The third-order valence-corrected chi connectivity index (χ3v) is 3.94. The molecule has 1 aromatic heterocycles. The fraction of sp³-hybridized carbons (Fsp3) is 0.615. The lowest BCUT2D eigenvalue weighted by Crippen LogP contribution is -2.43. The molecule has 6 nitrogen and oxygen atoms in total. The van der Waals surface area contributed by atoms with Crippen LogP contribution in [0.2, 0.25) is 0 Å². The third-order valence-electron chi connectivity index (χ3n) is 3.94. The van der Waals surface area contributed by atoms with E-state index in [1.165, 1.54) is 18.8 Å². The van der Waals surface area contributed by atoms with Gasteiger partial charge in [-0.1, -0.05) is 0 Å². The Hall–Kier alpha value is -1.53. The van der Waals surface area contributed by atoms with Gasteiger partial charge in [0.2, 0.25) is 0 Å². The summed E-state index contributed by atoms with van der Waals surface area (Å²) in [5, 5.41) is 6.27. The van der Waals surface area contributed by atoms with Crippen LogP contribution in [0.1, 0.15) is 16.9 Å². The van der Waals surface area contributed by atoms with Crippen LogP contribution in [-0.4, -0.2) is 48.2 Å². The molecule has 1 amide bonds. The molecule has 2 aliphatic heterocycles. The number of carbonyl (C=O) groups is 1. The summed E-state index contributed by atoms with van der Waals surface area (Å²) in [4.78, 5) is 19.7. The highest BCUT2D eigenvalue weighted by Crippen LogP contribution is 2.30. The highest BCUT2D eigenvalue weighted by molar-refractivity contribution is 5.91. The number of rotatable bonds is 3. The molecule has 19 heavy (non-hydrogen) atoms. The molecule has 0 bridgehead atoms. The van der Waals surface area contributed by atoms with Crippen LogP contribution < -0.4 is 10.6 Å². The van der Waals surface area contributed by atoms with Gasteiger partial charge in [-0.3, -0.25) is 9.78 Å². The average Bonchev–Trinajstić information content (AvgIpc) is 2.89. The second-order valence-electron chi connectivity index (χ2n) is 5.09. The molecule has 0 radical (unpaired) electrons. The van der Waals surface area contributed by atoms with Gasteiger partial charge in [-0.2, -0.15) is 0 Å². The van der Waals surface area contributed by atoms with Crippen LogP contribution >= 0.6 is 0 Å². The molecule has 0 spiro atoms. The van der Waals surface area contributed by atoms with Crippen molar-refractivity contribution in [3.8, 4) is 0 Å². The Balaban J connectivity index is 1.54. The van der Waals surface area contributed by atoms with E-state index in [1.807, 2.05) is 0 Å². The monoisotopic (exact) mass is 262 g/mol. The van der Waals surface area contributed by atoms with Gasteiger partial charge in [0, 0.05) is 31.4 Å². The largest absolute Gasteiger partial charge is 0.376 e. The molecular formula is C13H18N4O2. The second-order valence-corrected chi connectivity index (χ2v) is 5.09. The Bertz CT molecular complexity index is 440. The molecule has 2 aliphatic rings. The fourth-order valence-electron chi connectivity index (χ4n) is 2.86. The van der Waals surface area contributed by atoms with Crippen LogP contribution in [0.15, 0.2) is 18.6 Å². The number of piperidine rings is 1. The van der Waals surface area contributed by atoms with Crippen molar-refractivity contribution in [2.45, 2.75) is 12.5 Å². The zero-order valence-electron chi connectivity index (χ0n) is 10.7. The second kappa shape index (κ2) is 5.63. The topological polar surface area (TPSA) is 76.1 Å². The van der Waals surface area contributed by atoms with Gasteiger partial charge in [0.1, 0.15) is 5.69 Å². The maximum atomic E-state index is 11.9. The smallest absolute Gasteiger partial charge is 0.271 e. The Labute approximate surface area is 112 Å². The van der Waals surface area contributed by atoms with Crippen molar-refractivity contribution >= 4 is 5.91 Å². The van der Waals surface area contributed by atoms with Gasteiger partial charge in [0.15, 0.2) is 0 Å². The van der Waals surface area contributed by atoms with Gasteiger partial charge in [-0.25, -0.2) is 4.98 Å². The first-order valence-corrected chi connectivity index (χ1v) is 6.71. The highest BCUT2D eigenvalue weighted by Gasteiger charge is 2.38. The molecule has 0 saturated carbocycles. The summed E-state index contributed by atoms with van der Waals surface area (Å²) < 4.78 is 5.80. The summed E-state index contributed by atoms with van der Waals surface area (Å²) in [7, 11) is 0. The molecule has 3 rings (SSSR count). The number of nitrogens with zero attached hydrogens (tertiary/aromatic N) is 2. The van der Waals surface area contributed by atoms with E-state index < -0.39 is 0 Å². The van der Waals surface area contributed by atoms with Crippen molar-refractivity contribution in [1.29, 1.82) is 0 Å². The summed E-state index contributed by atoms with van der Waals surface area (Å²) in [5.41, 5.74) is 0.346. The van der Waals surface area contributed by atoms with E-state index in [0.717, 1.165) is 19.7 Å². The minimum atomic E-state index is -0.191. The molecule has 2 N–H and O–H groups in total. The highest BCUT2D eigenvalue weighted by atomic mass is 16.5. The zero-order valence-corrected chi connectivity index (χ0v) is 10.7. The Kier molecular flexibility index (Phi) is 3.70. The average molecular weight is 262 g/mol. The molecule has 6 heteroatoms. The SMILES string of the molecule is O=C(NC[C@H]1OC[C@@H]2CCNC[C@@H]21)c1cnccn1. The first kappa shape index (κ1) is 12.5. The third kappa shape index (κ3) is 2.74. The standard InChI is InChI=1S/C13H18N4O2/c18-13(11-6-15-3-4-16-11)17-7-12-10-5-14-2-1-9(10)8-19-12/h3-4,6,9-10,12,14H,1-2,5,7-8H2,(H,17,18)/t9-,10-,12+/m0/s1. The van der Waals surface area contributed by atoms with Crippen LogP contribution in [0.3, 0.4) is 0 Å². The van der Waals surface area contributed by atoms with Gasteiger partial charge in [-0.05, 0) is 18.9 Å². The van der Waals surface area contributed by atoms with Crippen LogP contribution in [0.5, 0.6) is 0 Å². The predicted octanol–water partition coefficient (Wildman–Crippen LogP) is -0.169. The molecule has 3 atom stereocenters. The van der Waals surface area contributed by atoms with Crippen molar-refractivity contribution in [2.75, 3.05) is 26.2 Å². The first-order valence-electron chi connectivity index (χ1n) is 6.71. The lowest BCUT2D eigenvalue weighted by atomic mass is 9.85. The van der Waals surface area contributed by atoms with Gasteiger partial charge in [-0.15, -0.1) is 0 Å². The Morgan fingerprint density at radius 3 is 3.32 bits per heavy atom. The van der Waals surface area contributed by atoms with E-state index in [0.29, 0.717) is 24.1 Å². The van der Waals surface area contributed by atoms with Crippen molar-refractivity contribution in [1.82, 2.24) is 20.6 Å². The lowest BCUT2D eigenvalue weighted by Gasteiger charge is -2.27. The number of nitrogens with one attached hydrogen (secondary N) is 2. The summed E-state index contributed by atoms with van der Waals surface area (Å²) in [6, 6.07) is 0. The quantitative estimate of drug-likeness (QED) is 0.791. The van der Waals surface area contributed by atoms with Gasteiger partial charge in [0.25, 0.3) is 5.91 Å². The molecule has 2 fully saturated rings. The number of carbonyl (C=O) groups excluding carboxylic acids is 1. The van der Waals surface area contributed by atoms with Crippen LogP contribution in [0, 0.1) is 11.8 Å². The van der Waals surface area contributed by atoms with Gasteiger partial charge in [0.05, 0.1) is 18.9 Å². The number of aromatic nitrogens is 2. The van der Waals surface area contributed by atoms with Crippen LogP contribution in [0.4, 0.5) is 0 Å². The van der Waals surface area contributed by atoms with Crippen molar-refractivity contribution < 1.29 is 9.53 Å². The first-order chi connectivity index (χ1) is 9.34. The Morgan fingerprint density at radius 2 is 2.47 bits per heavy atom. The number of amides is 1. The van der Waals surface area contributed by atoms with Gasteiger partial charge < -0.3 is 15.4 Å². The molecule has 3 heterocycles. The zero-order chi connectivity index (χ0) is 13.1. The summed E-state index contributed by atoms with van der Waals surface area (Å²) in [5.74, 6) is 0.958. The van der Waals surface area contributed by atoms with E-state index in [2.05, 4.69) is 20.6 Å². The molecule has 2 saturated heterocycles. The Morgan fingerprint density at radius 1 is 1.53 bits per heavy atom. The fourth-order valence-corrected chi connectivity index (χ4v) is 2.86. The van der Waals surface area contributed by atoms with Gasteiger partial charge >= 0.3 is 0 Å². The van der Waals surface area contributed by atoms with Crippen molar-refractivity contribution in [3.63, 3.8) is 0 Å². The predicted molar refractivity (Wildman–Crippen MR) is 68.6 cm³/mol. The van der Waals surface area contributed by atoms with E-state index in [4.69, 9.17) is 4.74 Å². The molecule has 0 unspecified atom stereocenters. The molecule has 102 valence electrons. The lowest BCUT2D eigenvalue weighted by molar-refractivity contribution is 0.0773. The molecule has 0 aromatic carbocycles. The summed E-state index contributed by atoms with van der Waals surface area (Å²) in [6.45, 7) is 3.41. The maximum Gasteiger partial charge on any atom is 0.271 e. The minimum Gasteiger partial charge on any atom is -0.376 e. The van der Waals surface area contributed by atoms with E-state index in [-0.39, 0.29) is 12.0 Å². The van der Waals surface area contributed by atoms with Crippen molar-refractivity contribution in [3.05, 3.63) is 24.3 Å². The van der Waals surface area contributed by atoms with E-state index in [1.54, 1.807) is 6.20 Å². The van der Waals surface area contributed by atoms with Crippen LogP contribution in [-0.2, 0) is 4.74 Å². The number of hydrogen-bond donors (Lipinski definition) is 2. The van der Waals surface area contributed by atoms with E-state index in [9.17, 15) is 4.79 Å². The number of hydrogen-bond acceptors (Lipinski definition) is 5. The molecule has 1 aromatic rings. The summed E-state index contributed by atoms with van der Waals surface area (Å²) >= 11 is 0. The number of fused-ring (bicyclic) bond motifs is 1. The van der Waals surface area contributed by atoms with Crippen molar-refractivity contribution in [2.24, 2.45) is 11.8 Å². The normalized spacial score (nSPS) is 29.8. The van der Waals surface area contributed by atoms with Crippen LogP contribution in [0.25, 0.3) is 0 Å².